The summed E-state index contributed by atoms with van der Waals surface area (Å²) >= 11 is 0.934. The molecule has 10 heteroatoms. The predicted molar refractivity (Wildman–Crippen MR) is 125 cm³/mol. The number of amides is 1. The molecule has 1 heterocycles. The van der Waals surface area contributed by atoms with E-state index in [2.05, 4.69) is 10.3 Å². The molecule has 3 aromatic carbocycles. The maximum atomic E-state index is 13.3. The number of para-hydroxylation sites is 4. The molecule has 0 spiro atoms. The Kier molecular flexibility index (Phi) is 6.60. The lowest BCUT2D eigenvalue weighted by Gasteiger charge is -2.16. The van der Waals surface area contributed by atoms with Gasteiger partial charge >= 0.3 is 6.18 Å². The summed E-state index contributed by atoms with van der Waals surface area (Å²) in [5, 5.41) is 2.88. The summed E-state index contributed by atoms with van der Waals surface area (Å²) < 4.78 is 46.4. The fourth-order valence-corrected chi connectivity index (χ4v) is 4.20. The average Bonchev–Trinajstić information content (AvgIpc) is 2.82. The number of hydrogen-bond acceptors (Lipinski definition) is 5. The Hall–Kier alpha value is -3.79. The molecule has 1 amide bonds. The number of carbonyl (C=O) groups excluding carboxylic acids is 1. The Labute approximate surface area is 196 Å². The van der Waals surface area contributed by atoms with Gasteiger partial charge in [-0.15, -0.1) is 0 Å². The number of nitrogens with one attached hydrogen (secondary N) is 1. The number of hydrogen-bond donors (Lipinski definition) is 1. The maximum absolute atomic E-state index is 13.3. The van der Waals surface area contributed by atoms with Crippen molar-refractivity contribution in [1.82, 2.24) is 9.55 Å². The highest BCUT2D eigenvalue weighted by Gasteiger charge is 2.33. The van der Waals surface area contributed by atoms with E-state index in [0.717, 1.165) is 17.8 Å². The third-order valence-corrected chi connectivity index (χ3v) is 5.85. The molecule has 34 heavy (non-hydrogen) atoms. The second-order valence-corrected chi connectivity index (χ2v) is 8.05. The Morgan fingerprint density at radius 3 is 2.47 bits per heavy atom. The van der Waals surface area contributed by atoms with Gasteiger partial charge in [0.05, 0.1) is 40.7 Å². The zero-order valence-corrected chi connectivity index (χ0v) is 18.6. The predicted octanol–water partition coefficient (Wildman–Crippen LogP) is 5.14. The monoisotopic (exact) mass is 485 g/mol. The van der Waals surface area contributed by atoms with E-state index in [-0.39, 0.29) is 22.2 Å². The standard InChI is InChI=1S/C24H18F3N3O3S/c1-33-20-13-7-6-12-19(20)30-22(32)15-8-2-4-10-17(15)29-23(30)34-14-21(31)28-18-11-5-3-9-16(18)24(25,26)27/h2-13H,14H2,1H3,(H,28,31). The van der Waals surface area contributed by atoms with Crippen LogP contribution in [0.25, 0.3) is 16.6 Å². The highest BCUT2D eigenvalue weighted by atomic mass is 32.2. The fourth-order valence-electron chi connectivity index (χ4n) is 3.39. The molecule has 0 saturated carbocycles. The lowest BCUT2D eigenvalue weighted by molar-refractivity contribution is -0.137. The molecule has 0 radical (unpaired) electrons. The molecule has 1 N–H and O–H groups in total. The third-order valence-electron chi connectivity index (χ3n) is 4.91. The van der Waals surface area contributed by atoms with E-state index in [1.54, 1.807) is 48.5 Å². The van der Waals surface area contributed by atoms with Gasteiger partial charge in [-0.2, -0.15) is 13.2 Å². The quantitative estimate of drug-likeness (QED) is 0.302. The van der Waals surface area contributed by atoms with E-state index in [9.17, 15) is 22.8 Å². The van der Waals surface area contributed by atoms with Gasteiger partial charge in [-0.1, -0.05) is 48.2 Å². The van der Waals surface area contributed by atoms with Gasteiger partial charge in [-0.3, -0.25) is 14.2 Å². The number of carbonyl (C=O) groups is 1. The highest BCUT2D eigenvalue weighted by Crippen LogP contribution is 2.35. The van der Waals surface area contributed by atoms with E-state index in [1.165, 1.54) is 29.9 Å². The van der Waals surface area contributed by atoms with Crippen LogP contribution in [0.2, 0.25) is 0 Å². The molecule has 1 aromatic heterocycles. The number of thioether (sulfide) groups is 1. The van der Waals surface area contributed by atoms with Crippen LogP contribution < -0.4 is 15.6 Å². The summed E-state index contributed by atoms with van der Waals surface area (Å²) in [6.45, 7) is 0. The number of ether oxygens (including phenoxy) is 1. The second kappa shape index (κ2) is 9.60. The lowest BCUT2D eigenvalue weighted by atomic mass is 10.1. The molecule has 4 aromatic rings. The number of benzene rings is 3. The number of alkyl halides is 3. The summed E-state index contributed by atoms with van der Waals surface area (Å²) in [6, 6.07) is 18.4. The van der Waals surface area contributed by atoms with Crippen molar-refractivity contribution < 1.29 is 22.7 Å². The molecule has 0 saturated heterocycles. The molecule has 174 valence electrons. The van der Waals surface area contributed by atoms with E-state index in [4.69, 9.17) is 4.74 Å². The molecular formula is C24H18F3N3O3S. The fraction of sp³-hybridized carbons (Fsp3) is 0.125. The minimum Gasteiger partial charge on any atom is -0.495 e. The minimum atomic E-state index is -4.61. The second-order valence-electron chi connectivity index (χ2n) is 7.10. The van der Waals surface area contributed by atoms with Gasteiger partial charge in [0.25, 0.3) is 5.56 Å². The van der Waals surface area contributed by atoms with Crippen LogP contribution >= 0.6 is 11.8 Å². The molecule has 0 aliphatic rings. The Balaban J connectivity index is 1.69. The lowest BCUT2D eigenvalue weighted by Crippen LogP contribution is -2.23. The SMILES string of the molecule is COc1ccccc1-n1c(SCC(=O)Nc2ccccc2C(F)(F)F)nc2ccccc2c1=O. The van der Waals surface area contributed by atoms with E-state index >= 15 is 0 Å². The molecule has 0 aliphatic heterocycles. The molecule has 0 fully saturated rings. The zero-order valence-electron chi connectivity index (χ0n) is 17.8. The van der Waals surface area contributed by atoms with Crippen molar-refractivity contribution in [2.45, 2.75) is 11.3 Å². The van der Waals surface area contributed by atoms with Gasteiger partial charge in [-0.25, -0.2) is 4.98 Å². The highest BCUT2D eigenvalue weighted by molar-refractivity contribution is 7.99. The number of halogens is 3. The molecule has 0 atom stereocenters. The first-order chi connectivity index (χ1) is 16.3. The zero-order chi connectivity index (χ0) is 24.3. The normalized spacial score (nSPS) is 11.4. The summed E-state index contributed by atoms with van der Waals surface area (Å²) in [7, 11) is 1.47. The summed E-state index contributed by atoms with van der Waals surface area (Å²) in [4.78, 5) is 30.4. The van der Waals surface area contributed by atoms with Crippen LogP contribution in [0.15, 0.2) is 82.7 Å². The first kappa shape index (κ1) is 23.4. The van der Waals surface area contributed by atoms with Crippen LogP contribution in [-0.4, -0.2) is 28.3 Å². The van der Waals surface area contributed by atoms with Crippen molar-refractivity contribution in [3.8, 4) is 11.4 Å². The van der Waals surface area contributed by atoms with Crippen molar-refractivity contribution in [2.75, 3.05) is 18.2 Å². The van der Waals surface area contributed by atoms with Gasteiger partial charge in [0, 0.05) is 0 Å². The minimum absolute atomic E-state index is 0.201. The summed E-state index contributed by atoms with van der Waals surface area (Å²) in [5.74, 6) is -0.519. The van der Waals surface area contributed by atoms with Crippen LogP contribution in [0.1, 0.15) is 5.56 Å². The van der Waals surface area contributed by atoms with E-state index in [1.807, 2.05) is 0 Å². The first-order valence-electron chi connectivity index (χ1n) is 10.0. The van der Waals surface area contributed by atoms with Crippen molar-refractivity contribution in [3.63, 3.8) is 0 Å². The first-order valence-corrected chi connectivity index (χ1v) is 11.0. The number of anilines is 1. The van der Waals surface area contributed by atoms with Crippen molar-refractivity contribution in [1.29, 1.82) is 0 Å². The number of methoxy groups -OCH3 is 1. The average molecular weight is 485 g/mol. The van der Waals surface area contributed by atoms with Crippen molar-refractivity contribution >= 4 is 34.3 Å². The van der Waals surface area contributed by atoms with Crippen molar-refractivity contribution in [2.24, 2.45) is 0 Å². The smallest absolute Gasteiger partial charge is 0.418 e. The van der Waals surface area contributed by atoms with Gasteiger partial charge in [-0.05, 0) is 36.4 Å². The van der Waals surface area contributed by atoms with Gasteiger partial charge in [0.2, 0.25) is 5.91 Å². The molecule has 4 rings (SSSR count). The molecule has 0 aliphatic carbocycles. The Morgan fingerprint density at radius 2 is 1.71 bits per heavy atom. The number of nitrogens with zero attached hydrogens (tertiary/aromatic N) is 2. The molecule has 0 unspecified atom stereocenters. The summed E-state index contributed by atoms with van der Waals surface area (Å²) in [5.41, 5.74) is -0.778. The number of fused-ring (bicyclic) bond motifs is 1. The van der Waals surface area contributed by atoms with Crippen LogP contribution in [0, 0.1) is 0 Å². The van der Waals surface area contributed by atoms with Crippen LogP contribution in [-0.2, 0) is 11.0 Å². The van der Waals surface area contributed by atoms with Gasteiger partial charge in [0.1, 0.15) is 5.75 Å². The Bertz CT molecular complexity index is 1420. The third kappa shape index (κ3) is 4.76. The van der Waals surface area contributed by atoms with E-state index in [0.29, 0.717) is 22.3 Å². The summed E-state index contributed by atoms with van der Waals surface area (Å²) in [6.07, 6.45) is -4.61. The van der Waals surface area contributed by atoms with Crippen molar-refractivity contribution in [3.05, 3.63) is 88.7 Å². The van der Waals surface area contributed by atoms with Crippen LogP contribution in [0.5, 0.6) is 5.75 Å². The maximum Gasteiger partial charge on any atom is 0.418 e. The topological polar surface area (TPSA) is 73.2 Å². The van der Waals surface area contributed by atoms with Gasteiger partial charge in [0.15, 0.2) is 5.16 Å². The van der Waals surface area contributed by atoms with Gasteiger partial charge < -0.3 is 10.1 Å². The van der Waals surface area contributed by atoms with Crippen LogP contribution in [0.4, 0.5) is 18.9 Å². The van der Waals surface area contributed by atoms with Crippen LogP contribution in [0.3, 0.4) is 0 Å². The molecular weight excluding hydrogens is 467 g/mol. The number of aromatic nitrogens is 2. The number of rotatable bonds is 6. The largest absolute Gasteiger partial charge is 0.495 e. The molecule has 0 bridgehead atoms. The Morgan fingerprint density at radius 1 is 1.03 bits per heavy atom. The molecule has 6 nitrogen and oxygen atoms in total. The van der Waals surface area contributed by atoms with E-state index < -0.39 is 17.6 Å².